The van der Waals surface area contributed by atoms with Crippen LogP contribution in [0.2, 0.25) is 0 Å². The molecule has 0 amide bonds. The third-order valence-corrected chi connectivity index (χ3v) is 5.11. The zero-order valence-corrected chi connectivity index (χ0v) is 15.5. The monoisotopic (exact) mass is 438 g/mol. The zero-order valence-electron chi connectivity index (χ0n) is 13.3. The zero-order chi connectivity index (χ0) is 17.1. The molecule has 0 spiro atoms. The topological polar surface area (TPSA) is 43.6 Å². The van der Waals surface area contributed by atoms with Gasteiger partial charge in [-0.15, -0.1) is 10.2 Å². The lowest BCUT2D eigenvalue weighted by atomic mass is 9.96. The van der Waals surface area contributed by atoms with Gasteiger partial charge in [-0.25, -0.2) is 0 Å². The molecule has 0 aliphatic heterocycles. The fourth-order valence-corrected chi connectivity index (χ4v) is 3.60. The van der Waals surface area contributed by atoms with Crippen molar-refractivity contribution in [2.45, 2.75) is 6.04 Å². The van der Waals surface area contributed by atoms with Crippen LogP contribution in [0.25, 0.3) is 11.1 Å². The number of rotatable bonds is 4. The molecule has 0 saturated carbocycles. The molecule has 5 heteroatoms. The highest BCUT2D eigenvalue weighted by molar-refractivity contribution is 14.1. The Kier molecular flexibility index (Phi) is 4.56. The van der Waals surface area contributed by atoms with Crippen molar-refractivity contribution in [1.82, 2.24) is 20.2 Å². The summed E-state index contributed by atoms with van der Waals surface area (Å²) >= 11 is 2.35. The molecule has 1 atom stereocenters. The highest BCUT2D eigenvalue weighted by Crippen LogP contribution is 2.30. The average Bonchev–Trinajstić information content (AvgIpc) is 3.19. The van der Waals surface area contributed by atoms with Crippen molar-refractivity contribution in [3.8, 4) is 11.1 Å². The minimum Gasteiger partial charge on any atom is -0.152 e. The van der Waals surface area contributed by atoms with Gasteiger partial charge in [0, 0.05) is 3.57 Å². The predicted octanol–water partition coefficient (Wildman–Crippen LogP) is 4.58. The molecule has 1 unspecified atom stereocenters. The molecule has 122 valence electrons. The van der Waals surface area contributed by atoms with Gasteiger partial charge in [-0.1, -0.05) is 72.8 Å². The molecular formula is C20H15IN4. The van der Waals surface area contributed by atoms with Gasteiger partial charge in [0.2, 0.25) is 0 Å². The second kappa shape index (κ2) is 7.14. The Balaban J connectivity index is 1.77. The first-order chi connectivity index (χ1) is 12.3. The van der Waals surface area contributed by atoms with E-state index in [4.69, 9.17) is 0 Å². The van der Waals surface area contributed by atoms with E-state index in [2.05, 4.69) is 98.7 Å². The first kappa shape index (κ1) is 16.0. The van der Waals surface area contributed by atoms with E-state index in [0.29, 0.717) is 0 Å². The van der Waals surface area contributed by atoms with Crippen LogP contribution in [0, 0.1) is 3.57 Å². The molecule has 4 aromatic rings. The largest absolute Gasteiger partial charge is 0.162 e. The molecule has 0 bridgehead atoms. The maximum Gasteiger partial charge on any atom is 0.162 e. The summed E-state index contributed by atoms with van der Waals surface area (Å²) < 4.78 is 1.18. The number of aromatic nitrogens is 4. The second-order valence-corrected chi connectivity index (χ2v) is 6.83. The van der Waals surface area contributed by atoms with Gasteiger partial charge in [0.25, 0.3) is 0 Å². The number of halogens is 1. The van der Waals surface area contributed by atoms with Crippen molar-refractivity contribution in [2.75, 3.05) is 0 Å². The summed E-state index contributed by atoms with van der Waals surface area (Å²) in [6, 6.07) is 27.1. The van der Waals surface area contributed by atoms with Gasteiger partial charge >= 0.3 is 0 Å². The molecule has 0 radical (unpaired) electrons. The van der Waals surface area contributed by atoms with E-state index in [9.17, 15) is 0 Å². The molecule has 0 saturated heterocycles. The van der Waals surface area contributed by atoms with E-state index in [1.165, 1.54) is 21.0 Å². The minimum absolute atomic E-state index is 0.0968. The van der Waals surface area contributed by atoms with Crippen molar-refractivity contribution in [1.29, 1.82) is 0 Å². The van der Waals surface area contributed by atoms with Gasteiger partial charge in [-0.2, -0.15) is 4.80 Å². The Morgan fingerprint density at radius 3 is 2.12 bits per heavy atom. The lowest BCUT2D eigenvalue weighted by Crippen LogP contribution is -2.16. The van der Waals surface area contributed by atoms with E-state index in [1.54, 1.807) is 4.80 Å². The van der Waals surface area contributed by atoms with Gasteiger partial charge in [0.15, 0.2) is 6.33 Å². The maximum atomic E-state index is 4.28. The fraction of sp³-hybridized carbons (Fsp3) is 0.0500. The van der Waals surface area contributed by atoms with Crippen LogP contribution in [-0.4, -0.2) is 20.2 Å². The SMILES string of the molecule is Ic1ccccc1C(c1ccc(-c2ccccc2)cc1)n1ncnn1. The van der Waals surface area contributed by atoms with Crippen molar-refractivity contribution in [2.24, 2.45) is 0 Å². The van der Waals surface area contributed by atoms with Gasteiger partial charge in [-0.3, -0.25) is 0 Å². The van der Waals surface area contributed by atoms with Gasteiger partial charge in [0.1, 0.15) is 6.04 Å². The van der Waals surface area contributed by atoms with Gasteiger partial charge in [-0.05, 0) is 56.1 Å². The molecule has 0 aliphatic rings. The van der Waals surface area contributed by atoms with E-state index in [1.807, 2.05) is 18.2 Å². The van der Waals surface area contributed by atoms with Crippen LogP contribution in [0.4, 0.5) is 0 Å². The van der Waals surface area contributed by atoms with E-state index in [-0.39, 0.29) is 6.04 Å². The number of tetrazole rings is 1. The lowest BCUT2D eigenvalue weighted by molar-refractivity contribution is 0.503. The third kappa shape index (κ3) is 3.32. The molecule has 1 heterocycles. The van der Waals surface area contributed by atoms with Crippen LogP contribution in [0.3, 0.4) is 0 Å². The fourth-order valence-electron chi connectivity index (χ4n) is 2.92. The molecule has 0 fully saturated rings. The van der Waals surface area contributed by atoms with Gasteiger partial charge < -0.3 is 0 Å². The number of nitrogens with zero attached hydrogens (tertiary/aromatic N) is 4. The van der Waals surface area contributed by atoms with Crippen LogP contribution < -0.4 is 0 Å². The first-order valence-electron chi connectivity index (χ1n) is 7.95. The Labute approximate surface area is 159 Å². The Bertz CT molecular complexity index is 951. The average molecular weight is 438 g/mol. The Morgan fingerprint density at radius 2 is 1.44 bits per heavy atom. The number of hydrogen-bond acceptors (Lipinski definition) is 3. The highest BCUT2D eigenvalue weighted by Gasteiger charge is 2.20. The maximum absolute atomic E-state index is 4.28. The Hall–Kier alpha value is -2.54. The van der Waals surface area contributed by atoms with E-state index < -0.39 is 0 Å². The molecule has 0 N–H and O–H groups in total. The standard InChI is InChI=1S/C20H15IN4/c21-19-9-5-4-8-18(19)20(25-23-14-22-24-25)17-12-10-16(11-13-17)15-6-2-1-3-7-15/h1-14,20H. The van der Waals surface area contributed by atoms with Crippen molar-refractivity contribution in [3.05, 3.63) is 99.9 Å². The summed E-state index contributed by atoms with van der Waals surface area (Å²) in [5.41, 5.74) is 4.69. The van der Waals surface area contributed by atoms with Crippen LogP contribution in [0.1, 0.15) is 17.2 Å². The van der Waals surface area contributed by atoms with Gasteiger partial charge in [0.05, 0.1) is 0 Å². The van der Waals surface area contributed by atoms with Crippen molar-refractivity contribution < 1.29 is 0 Å². The predicted molar refractivity (Wildman–Crippen MR) is 106 cm³/mol. The molecule has 4 nitrogen and oxygen atoms in total. The number of benzene rings is 3. The summed E-state index contributed by atoms with van der Waals surface area (Å²) in [6.07, 6.45) is 1.47. The molecule has 1 aromatic heterocycles. The molecule has 4 rings (SSSR count). The second-order valence-electron chi connectivity index (χ2n) is 5.67. The third-order valence-electron chi connectivity index (χ3n) is 4.13. The lowest BCUT2D eigenvalue weighted by Gasteiger charge is -2.18. The quantitative estimate of drug-likeness (QED) is 0.438. The summed E-state index contributed by atoms with van der Waals surface area (Å²) in [4.78, 5) is 1.66. The van der Waals surface area contributed by atoms with Crippen LogP contribution in [0.15, 0.2) is 85.2 Å². The Morgan fingerprint density at radius 1 is 0.760 bits per heavy atom. The van der Waals surface area contributed by atoms with Crippen LogP contribution in [-0.2, 0) is 0 Å². The van der Waals surface area contributed by atoms with Crippen LogP contribution in [0.5, 0.6) is 0 Å². The molecular weight excluding hydrogens is 423 g/mol. The van der Waals surface area contributed by atoms with Crippen molar-refractivity contribution in [3.63, 3.8) is 0 Å². The number of hydrogen-bond donors (Lipinski definition) is 0. The normalized spacial score (nSPS) is 12.0. The summed E-state index contributed by atoms with van der Waals surface area (Å²) in [5.74, 6) is 0. The summed E-state index contributed by atoms with van der Waals surface area (Å²) in [6.45, 7) is 0. The molecule has 0 aliphatic carbocycles. The molecule has 3 aromatic carbocycles. The summed E-state index contributed by atoms with van der Waals surface area (Å²) in [5, 5.41) is 12.3. The van der Waals surface area contributed by atoms with E-state index >= 15 is 0 Å². The summed E-state index contributed by atoms with van der Waals surface area (Å²) in [7, 11) is 0. The first-order valence-corrected chi connectivity index (χ1v) is 9.03. The van der Waals surface area contributed by atoms with Crippen LogP contribution >= 0.6 is 22.6 Å². The molecule has 25 heavy (non-hydrogen) atoms. The van der Waals surface area contributed by atoms with Crippen molar-refractivity contribution >= 4 is 22.6 Å². The van der Waals surface area contributed by atoms with E-state index in [0.717, 1.165) is 11.1 Å². The highest BCUT2D eigenvalue weighted by atomic mass is 127. The smallest absolute Gasteiger partial charge is 0.152 e. The minimum atomic E-state index is -0.0968.